The number of halogens is 1. The van der Waals surface area contributed by atoms with Crippen LogP contribution in [0.4, 0.5) is 5.13 Å². The third-order valence-corrected chi connectivity index (χ3v) is 2.50. The molecule has 1 aliphatic heterocycles. The highest BCUT2D eigenvalue weighted by Gasteiger charge is 2.24. The molecule has 0 spiro atoms. The van der Waals surface area contributed by atoms with E-state index in [1.165, 1.54) is 11.3 Å². The molecule has 4 nitrogen and oxygen atoms in total. The first-order valence-electron chi connectivity index (χ1n) is 3.77. The molecule has 1 saturated heterocycles. The molecule has 2 rings (SSSR count). The summed E-state index contributed by atoms with van der Waals surface area (Å²) in [6.45, 7) is 1.58. The zero-order valence-electron chi connectivity index (χ0n) is 6.82. The van der Waals surface area contributed by atoms with Gasteiger partial charge >= 0.3 is 0 Å². The van der Waals surface area contributed by atoms with Gasteiger partial charge in [0, 0.05) is 24.7 Å². The molecule has 0 unspecified atom stereocenters. The van der Waals surface area contributed by atoms with Gasteiger partial charge in [-0.15, -0.1) is 23.7 Å². The van der Waals surface area contributed by atoms with Crippen LogP contribution in [0.1, 0.15) is 0 Å². The molecule has 1 aliphatic rings. The van der Waals surface area contributed by atoms with Crippen LogP contribution in [0.25, 0.3) is 0 Å². The molecule has 0 saturated carbocycles. The van der Waals surface area contributed by atoms with E-state index in [0.717, 1.165) is 13.1 Å². The Bertz CT molecular complexity index is 273. The third kappa shape index (κ3) is 2.40. The Morgan fingerprint density at radius 1 is 1.69 bits per heavy atom. The Labute approximate surface area is 86.2 Å². The first-order valence-corrected chi connectivity index (χ1v) is 4.65. The maximum atomic E-state index is 11.3. The van der Waals surface area contributed by atoms with Crippen LogP contribution in [-0.2, 0) is 4.79 Å². The zero-order valence-corrected chi connectivity index (χ0v) is 8.45. The first kappa shape index (κ1) is 10.4. The minimum absolute atomic E-state index is 0. The summed E-state index contributed by atoms with van der Waals surface area (Å²) in [7, 11) is 0. The highest BCUT2D eigenvalue weighted by molar-refractivity contribution is 7.13. The Hall–Kier alpha value is -0.650. The first-order chi connectivity index (χ1) is 5.86. The molecule has 1 aromatic heterocycles. The molecule has 1 aromatic rings. The standard InChI is InChI=1S/C7H9N3OS.ClH/c11-6(5-3-8-4-5)10-7-9-1-2-12-7;/h1-2,5,8H,3-4H2,(H,9,10,11);1H. The summed E-state index contributed by atoms with van der Waals surface area (Å²) in [6.07, 6.45) is 1.68. The fraction of sp³-hybridized carbons (Fsp3) is 0.429. The maximum absolute atomic E-state index is 11.3. The van der Waals surface area contributed by atoms with Crippen molar-refractivity contribution in [3.8, 4) is 0 Å². The van der Waals surface area contributed by atoms with Crippen molar-refractivity contribution in [2.45, 2.75) is 0 Å². The number of nitrogens with one attached hydrogen (secondary N) is 2. The second kappa shape index (κ2) is 4.55. The normalized spacial score (nSPS) is 15.7. The summed E-state index contributed by atoms with van der Waals surface area (Å²) in [4.78, 5) is 15.3. The number of anilines is 1. The van der Waals surface area contributed by atoms with E-state index in [9.17, 15) is 4.79 Å². The van der Waals surface area contributed by atoms with Gasteiger partial charge in [-0.05, 0) is 0 Å². The van der Waals surface area contributed by atoms with Crippen LogP contribution < -0.4 is 10.6 Å². The van der Waals surface area contributed by atoms with E-state index < -0.39 is 0 Å². The molecule has 0 radical (unpaired) electrons. The Morgan fingerprint density at radius 2 is 2.46 bits per heavy atom. The number of hydrogen-bond donors (Lipinski definition) is 2. The number of aromatic nitrogens is 1. The number of nitrogens with zero attached hydrogens (tertiary/aromatic N) is 1. The van der Waals surface area contributed by atoms with E-state index in [4.69, 9.17) is 0 Å². The SMILES string of the molecule is Cl.O=C(Nc1nccs1)C1CNC1. The Balaban J connectivity index is 0.000000845. The van der Waals surface area contributed by atoms with E-state index in [2.05, 4.69) is 15.6 Å². The van der Waals surface area contributed by atoms with Crippen LogP contribution in [0, 0.1) is 5.92 Å². The van der Waals surface area contributed by atoms with E-state index >= 15 is 0 Å². The van der Waals surface area contributed by atoms with Crippen LogP contribution in [0.2, 0.25) is 0 Å². The topological polar surface area (TPSA) is 54.0 Å². The second-order valence-electron chi connectivity index (χ2n) is 2.68. The van der Waals surface area contributed by atoms with E-state index in [1.54, 1.807) is 6.20 Å². The van der Waals surface area contributed by atoms with Gasteiger partial charge in [0.05, 0.1) is 5.92 Å². The molecule has 1 fully saturated rings. The van der Waals surface area contributed by atoms with Crippen molar-refractivity contribution in [2.24, 2.45) is 5.92 Å². The smallest absolute Gasteiger partial charge is 0.231 e. The van der Waals surface area contributed by atoms with Crippen molar-refractivity contribution in [3.05, 3.63) is 11.6 Å². The van der Waals surface area contributed by atoms with Crippen molar-refractivity contribution in [1.82, 2.24) is 10.3 Å². The third-order valence-electron chi connectivity index (χ3n) is 1.81. The van der Waals surface area contributed by atoms with Gasteiger partial charge < -0.3 is 10.6 Å². The molecule has 13 heavy (non-hydrogen) atoms. The van der Waals surface area contributed by atoms with Crippen molar-refractivity contribution < 1.29 is 4.79 Å². The lowest BCUT2D eigenvalue weighted by molar-refractivity contribution is -0.121. The summed E-state index contributed by atoms with van der Waals surface area (Å²) in [5, 5.41) is 8.33. The molecule has 0 atom stereocenters. The van der Waals surface area contributed by atoms with Crippen molar-refractivity contribution in [1.29, 1.82) is 0 Å². The number of amides is 1. The van der Waals surface area contributed by atoms with Crippen molar-refractivity contribution in [3.63, 3.8) is 0 Å². The fourth-order valence-corrected chi connectivity index (χ4v) is 1.50. The monoisotopic (exact) mass is 219 g/mol. The van der Waals surface area contributed by atoms with E-state index in [-0.39, 0.29) is 24.2 Å². The Morgan fingerprint density at radius 3 is 2.92 bits per heavy atom. The molecular formula is C7H10ClN3OS. The lowest BCUT2D eigenvalue weighted by Gasteiger charge is -2.25. The summed E-state index contributed by atoms with van der Waals surface area (Å²) in [6, 6.07) is 0. The average molecular weight is 220 g/mol. The summed E-state index contributed by atoms with van der Waals surface area (Å²) < 4.78 is 0. The second-order valence-corrected chi connectivity index (χ2v) is 3.58. The molecule has 1 amide bonds. The summed E-state index contributed by atoms with van der Waals surface area (Å²) in [5.41, 5.74) is 0. The zero-order chi connectivity index (χ0) is 8.39. The van der Waals surface area contributed by atoms with Crippen molar-refractivity contribution >= 4 is 34.8 Å². The number of hydrogen-bond acceptors (Lipinski definition) is 4. The van der Waals surface area contributed by atoms with Gasteiger partial charge in [0.15, 0.2) is 5.13 Å². The van der Waals surface area contributed by atoms with Gasteiger partial charge in [-0.2, -0.15) is 0 Å². The summed E-state index contributed by atoms with van der Waals surface area (Å²) in [5.74, 6) is 0.206. The van der Waals surface area contributed by atoms with Gasteiger partial charge in [0.25, 0.3) is 0 Å². The van der Waals surface area contributed by atoms with Crippen LogP contribution >= 0.6 is 23.7 Å². The molecule has 6 heteroatoms. The van der Waals surface area contributed by atoms with Gasteiger partial charge in [0.1, 0.15) is 0 Å². The minimum Gasteiger partial charge on any atom is -0.315 e. The van der Waals surface area contributed by atoms with E-state index in [0.29, 0.717) is 5.13 Å². The predicted octanol–water partition coefficient (Wildman–Crippen LogP) is 0.723. The number of carbonyl (C=O) groups excluding carboxylic acids is 1. The van der Waals surface area contributed by atoms with Gasteiger partial charge in [-0.3, -0.25) is 4.79 Å². The molecule has 72 valence electrons. The van der Waals surface area contributed by atoms with Crippen LogP contribution in [0.3, 0.4) is 0 Å². The lowest BCUT2D eigenvalue weighted by atomic mass is 10.0. The molecule has 0 aliphatic carbocycles. The van der Waals surface area contributed by atoms with Crippen LogP contribution in [0.15, 0.2) is 11.6 Å². The average Bonchev–Trinajstić information content (AvgIpc) is 2.34. The minimum atomic E-state index is 0. The van der Waals surface area contributed by atoms with Gasteiger partial charge in [0.2, 0.25) is 5.91 Å². The Kier molecular flexibility index (Phi) is 3.65. The number of carbonyl (C=O) groups is 1. The lowest BCUT2D eigenvalue weighted by Crippen LogP contribution is -2.48. The molecule has 2 heterocycles. The molecular weight excluding hydrogens is 210 g/mol. The summed E-state index contributed by atoms with van der Waals surface area (Å²) >= 11 is 1.44. The highest BCUT2D eigenvalue weighted by Crippen LogP contribution is 2.13. The van der Waals surface area contributed by atoms with Crippen LogP contribution in [-0.4, -0.2) is 24.0 Å². The van der Waals surface area contributed by atoms with Gasteiger partial charge in [-0.1, -0.05) is 0 Å². The number of thiazole rings is 1. The predicted molar refractivity (Wildman–Crippen MR) is 54.4 cm³/mol. The largest absolute Gasteiger partial charge is 0.315 e. The number of rotatable bonds is 2. The van der Waals surface area contributed by atoms with Crippen molar-refractivity contribution in [2.75, 3.05) is 18.4 Å². The maximum Gasteiger partial charge on any atom is 0.231 e. The van der Waals surface area contributed by atoms with Crippen LogP contribution in [0.5, 0.6) is 0 Å². The quantitative estimate of drug-likeness (QED) is 0.771. The van der Waals surface area contributed by atoms with Gasteiger partial charge in [-0.25, -0.2) is 4.98 Å². The molecule has 2 N–H and O–H groups in total. The highest BCUT2D eigenvalue weighted by atomic mass is 35.5. The molecule has 0 bridgehead atoms. The fourth-order valence-electron chi connectivity index (χ4n) is 0.967. The molecule has 0 aromatic carbocycles. The van der Waals surface area contributed by atoms with E-state index in [1.807, 2.05) is 5.38 Å².